The second-order valence-electron chi connectivity index (χ2n) is 4.11. The first-order valence-corrected chi connectivity index (χ1v) is 5.91. The number of nitrogens with zero attached hydrogens (tertiary/aromatic N) is 1. The average molecular weight is 245 g/mol. The van der Waals surface area contributed by atoms with Gasteiger partial charge in [0.1, 0.15) is 6.07 Å². The van der Waals surface area contributed by atoms with Gasteiger partial charge in [0.2, 0.25) is 5.91 Å². The zero-order valence-corrected chi connectivity index (χ0v) is 9.98. The van der Waals surface area contributed by atoms with Gasteiger partial charge >= 0.3 is 0 Å². The van der Waals surface area contributed by atoms with Gasteiger partial charge in [-0.15, -0.1) is 0 Å². The molecule has 5 nitrogen and oxygen atoms in total. The zero-order valence-electron chi connectivity index (χ0n) is 9.98. The molecular formula is C13H15N3O2. The van der Waals surface area contributed by atoms with E-state index in [4.69, 9.17) is 10.00 Å². The second kappa shape index (κ2) is 6.15. The summed E-state index contributed by atoms with van der Waals surface area (Å²) in [4.78, 5) is 11.8. The van der Waals surface area contributed by atoms with Gasteiger partial charge in [-0.2, -0.15) is 5.26 Å². The fourth-order valence-electron chi connectivity index (χ4n) is 1.85. The third-order valence-electron chi connectivity index (χ3n) is 2.74. The van der Waals surface area contributed by atoms with Crippen molar-refractivity contribution in [3.63, 3.8) is 0 Å². The summed E-state index contributed by atoms with van der Waals surface area (Å²) in [6, 6.07) is 8.99. The molecule has 1 aliphatic rings. The predicted molar refractivity (Wildman–Crippen MR) is 67.0 cm³/mol. The van der Waals surface area contributed by atoms with Gasteiger partial charge in [0.15, 0.2) is 0 Å². The highest BCUT2D eigenvalue weighted by atomic mass is 16.5. The van der Waals surface area contributed by atoms with Crippen LogP contribution in [-0.4, -0.2) is 31.7 Å². The number of para-hydroxylation sites is 1. The van der Waals surface area contributed by atoms with E-state index in [1.165, 1.54) is 0 Å². The van der Waals surface area contributed by atoms with E-state index in [9.17, 15) is 4.79 Å². The van der Waals surface area contributed by atoms with E-state index in [2.05, 4.69) is 10.6 Å². The molecule has 0 spiro atoms. The van der Waals surface area contributed by atoms with Gasteiger partial charge in [0, 0.05) is 13.1 Å². The molecule has 2 N–H and O–H groups in total. The molecule has 18 heavy (non-hydrogen) atoms. The van der Waals surface area contributed by atoms with E-state index in [0.29, 0.717) is 30.8 Å². The third-order valence-corrected chi connectivity index (χ3v) is 2.74. The lowest BCUT2D eigenvalue weighted by Gasteiger charge is -2.23. The molecule has 1 atom stereocenters. The van der Waals surface area contributed by atoms with Crippen molar-refractivity contribution in [3.8, 4) is 6.07 Å². The summed E-state index contributed by atoms with van der Waals surface area (Å²) < 4.78 is 5.45. The van der Waals surface area contributed by atoms with E-state index < -0.39 is 0 Å². The maximum absolute atomic E-state index is 11.8. The first-order chi connectivity index (χ1) is 8.79. The van der Waals surface area contributed by atoms with Crippen LogP contribution < -0.4 is 10.6 Å². The quantitative estimate of drug-likeness (QED) is 0.829. The molecule has 0 radical (unpaired) electrons. The van der Waals surface area contributed by atoms with Crippen molar-refractivity contribution < 1.29 is 9.53 Å². The summed E-state index contributed by atoms with van der Waals surface area (Å²) in [6.07, 6.45) is 0.209. The van der Waals surface area contributed by atoms with E-state index in [1.807, 2.05) is 6.07 Å². The number of carbonyl (C=O) groups is 1. The van der Waals surface area contributed by atoms with Gasteiger partial charge in [0.05, 0.1) is 30.4 Å². The number of hydrogen-bond acceptors (Lipinski definition) is 4. The van der Waals surface area contributed by atoms with E-state index in [-0.39, 0.29) is 12.0 Å². The van der Waals surface area contributed by atoms with E-state index in [0.717, 1.165) is 6.54 Å². The maximum atomic E-state index is 11.8. The van der Waals surface area contributed by atoms with E-state index >= 15 is 0 Å². The molecule has 1 amide bonds. The Kier molecular flexibility index (Phi) is 4.29. The fourth-order valence-corrected chi connectivity index (χ4v) is 1.85. The second-order valence-corrected chi connectivity index (χ2v) is 4.11. The van der Waals surface area contributed by atoms with Crippen molar-refractivity contribution in [1.29, 1.82) is 5.26 Å². The standard InChI is InChI=1S/C13H15N3O2/c14-8-10-3-1-2-4-12(10)16-13(17)7-11-9-15-5-6-18-11/h1-4,11,15H,5-7,9H2,(H,16,17). The van der Waals surface area contributed by atoms with Crippen molar-refractivity contribution in [2.75, 3.05) is 25.0 Å². The Hall–Kier alpha value is -1.90. The molecule has 1 saturated heterocycles. The number of amides is 1. The number of ether oxygens (including phenoxy) is 1. The van der Waals surface area contributed by atoms with Crippen LogP contribution in [0.2, 0.25) is 0 Å². The molecule has 1 heterocycles. The first-order valence-electron chi connectivity index (χ1n) is 5.91. The number of carbonyl (C=O) groups excluding carboxylic acids is 1. The van der Waals surface area contributed by atoms with Crippen molar-refractivity contribution in [2.45, 2.75) is 12.5 Å². The van der Waals surface area contributed by atoms with Crippen LogP contribution in [-0.2, 0) is 9.53 Å². The van der Waals surface area contributed by atoms with Gasteiger partial charge in [-0.1, -0.05) is 12.1 Å². The summed E-state index contributed by atoms with van der Waals surface area (Å²) in [7, 11) is 0. The average Bonchev–Trinajstić information content (AvgIpc) is 2.40. The van der Waals surface area contributed by atoms with Gasteiger partial charge in [-0.25, -0.2) is 0 Å². The largest absolute Gasteiger partial charge is 0.375 e. The minimum Gasteiger partial charge on any atom is -0.375 e. The van der Waals surface area contributed by atoms with Crippen LogP contribution in [0.15, 0.2) is 24.3 Å². The van der Waals surface area contributed by atoms with Crippen LogP contribution in [0.4, 0.5) is 5.69 Å². The van der Waals surface area contributed by atoms with Crippen LogP contribution in [0.3, 0.4) is 0 Å². The van der Waals surface area contributed by atoms with Crippen LogP contribution in [0.25, 0.3) is 0 Å². The normalized spacial score (nSPS) is 18.9. The van der Waals surface area contributed by atoms with Gasteiger partial charge in [-0.05, 0) is 12.1 Å². The maximum Gasteiger partial charge on any atom is 0.227 e. The molecule has 0 aromatic heterocycles. The van der Waals surface area contributed by atoms with Crippen molar-refractivity contribution >= 4 is 11.6 Å². The van der Waals surface area contributed by atoms with Crippen LogP contribution in [0.1, 0.15) is 12.0 Å². The fraction of sp³-hybridized carbons (Fsp3) is 0.385. The Morgan fingerprint density at radius 3 is 3.11 bits per heavy atom. The number of benzene rings is 1. The van der Waals surface area contributed by atoms with E-state index in [1.54, 1.807) is 24.3 Å². The van der Waals surface area contributed by atoms with Crippen LogP contribution >= 0.6 is 0 Å². The van der Waals surface area contributed by atoms with Crippen molar-refractivity contribution in [2.24, 2.45) is 0 Å². The SMILES string of the molecule is N#Cc1ccccc1NC(=O)CC1CNCCO1. The molecule has 1 aromatic carbocycles. The molecule has 0 bridgehead atoms. The lowest BCUT2D eigenvalue weighted by Crippen LogP contribution is -2.40. The lowest BCUT2D eigenvalue weighted by atomic mass is 10.1. The highest BCUT2D eigenvalue weighted by Crippen LogP contribution is 2.14. The molecule has 0 saturated carbocycles. The molecule has 0 aliphatic carbocycles. The van der Waals surface area contributed by atoms with Gasteiger partial charge < -0.3 is 15.4 Å². The molecule has 1 unspecified atom stereocenters. The summed E-state index contributed by atoms with van der Waals surface area (Å²) in [5, 5.41) is 14.8. The Bertz CT molecular complexity index is 462. The minimum atomic E-state index is -0.133. The Balaban J connectivity index is 1.92. The Morgan fingerprint density at radius 2 is 2.39 bits per heavy atom. The lowest BCUT2D eigenvalue weighted by molar-refractivity contribution is -0.119. The summed E-state index contributed by atoms with van der Waals surface area (Å²) in [5.41, 5.74) is 1.02. The predicted octanol–water partition coefficient (Wildman–Crippen LogP) is 0.875. The third kappa shape index (κ3) is 3.29. The number of anilines is 1. The number of nitriles is 1. The summed E-state index contributed by atoms with van der Waals surface area (Å²) in [6.45, 7) is 2.15. The van der Waals surface area contributed by atoms with Gasteiger partial charge in [-0.3, -0.25) is 4.79 Å². The molecule has 1 fully saturated rings. The smallest absolute Gasteiger partial charge is 0.227 e. The van der Waals surface area contributed by atoms with Crippen LogP contribution in [0.5, 0.6) is 0 Å². The minimum absolute atomic E-state index is 0.0898. The molecule has 94 valence electrons. The summed E-state index contributed by atoms with van der Waals surface area (Å²) in [5.74, 6) is -0.133. The monoisotopic (exact) mass is 245 g/mol. The zero-order chi connectivity index (χ0) is 12.8. The number of hydrogen-bond donors (Lipinski definition) is 2. The van der Waals surface area contributed by atoms with Crippen molar-refractivity contribution in [3.05, 3.63) is 29.8 Å². The number of morpholine rings is 1. The summed E-state index contributed by atoms with van der Waals surface area (Å²) >= 11 is 0. The molecular weight excluding hydrogens is 230 g/mol. The van der Waals surface area contributed by atoms with Crippen LogP contribution in [0, 0.1) is 11.3 Å². The number of nitrogens with one attached hydrogen (secondary N) is 2. The highest BCUT2D eigenvalue weighted by molar-refractivity contribution is 5.92. The molecule has 1 aromatic rings. The Labute approximate surface area is 106 Å². The van der Waals surface area contributed by atoms with Crippen molar-refractivity contribution in [1.82, 2.24) is 5.32 Å². The molecule has 1 aliphatic heterocycles. The molecule has 5 heteroatoms. The highest BCUT2D eigenvalue weighted by Gasteiger charge is 2.17. The number of rotatable bonds is 3. The molecule has 2 rings (SSSR count). The Morgan fingerprint density at radius 1 is 1.56 bits per heavy atom. The topological polar surface area (TPSA) is 74.2 Å². The van der Waals surface area contributed by atoms with Gasteiger partial charge in [0.25, 0.3) is 0 Å². The first kappa shape index (κ1) is 12.6.